The lowest BCUT2D eigenvalue weighted by atomic mass is 10.1. The minimum atomic E-state index is -0.247. The van der Waals surface area contributed by atoms with E-state index >= 15 is 0 Å². The van der Waals surface area contributed by atoms with Crippen LogP contribution < -0.4 is 10.7 Å². The number of nitrogens with one attached hydrogen (secondary N) is 2. The largest absolute Gasteiger partial charge is 0.326 e. The van der Waals surface area contributed by atoms with Crippen LogP contribution in [0.5, 0.6) is 0 Å². The first kappa shape index (κ1) is 17.1. The molecule has 6 nitrogen and oxygen atoms in total. The molecular formula is C20H20FN5O. The molecule has 0 aliphatic carbocycles. The van der Waals surface area contributed by atoms with Crippen LogP contribution in [0.15, 0.2) is 66.9 Å². The Morgan fingerprint density at radius 1 is 1.07 bits per heavy atom. The molecule has 0 radical (unpaired) electrons. The molecule has 0 unspecified atom stereocenters. The Bertz CT molecular complexity index is 909. The molecule has 138 valence electrons. The van der Waals surface area contributed by atoms with E-state index < -0.39 is 0 Å². The number of nitrogens with zero attached hydrogens (tertiary/aromatic N) is 3. The number of hydrazine groups is 2. The number of carbonyl (C=O) groups excluding carboxylic acids is 1. The van der Waals surface area contributed by atoms with Crippen molar-refractivity contribution in [3.63, 3.8) is 0 Å². The normalized spacial score (nSPS) is 16.1. The number of allylic oxidation sites excluding steroid dienone is 2. The van der Waals surface area contributed by atoms with Gasteiger partial charge in [-0.3, -0.25) is 14.8 Å². The number of carbonyl (C=O) groups is 1. The summed E-state index contributed by atoms with van der Waals surface area (Å²) < 4.78 is 13.6. The van der Waals surface area contributed by atoms with E-state index in [1.807, 2.05) is 48.7 Å². The van der Waals surface area contributed by atoms with Crippen LogP contribution >= 0.6 is 0 Å². The van der Waals surface area contributed by atoms with Gasteiger partial charge in [-0.15, -0.1) is 0 Å². The molecule has 1 fully saturated rings. The topological polar surface area (TPSA) is 50.9 Å². The van der Waals surface area contributed by atoms with Gasteiger partial charge in [-0.2, -0.15) is 5.01 Å². The van der Waals surface area contributed by atoms with E-state index in [9.17, 15) is 9.18 Å². The molecule has 7 heteroatoms. The summed E-state index contributed by atoms with van der Waals surface area (Å²) >= 11 is 0. The third kappa shape index (κ3) is 3.78. The summed E-state index contributed by atoms with van der Waals surface area (Å²) in [6, 6.07) is 14.1. The smallest absolute Gasteiger partial charge is 0.221 e. The standard InChI is InChI=1S/C20H20FN5O/c1-15(27)22-18-7-9-19(10-8-18)23-24-13-25-11-3-6-20(26(25)14-24)16-4-2-5-17(21)12-16/h2-12,23H,13-14H2,1H3,(H,22,27). The van der Waals surface area contributed by atoms with Crippen molar-refractivity contribution in [3.8, 4) is 0 Å². The van der Waals surface area contributed by atoms with E-state index in [1.165, 1.54) is 13.0 Å². The Morgan fingerprint density at radius 3 is 2.59 bits per heavy atom. The number of fused-ring (bicyclic) bond motifs is 1. The first-order chi connectivity index (χ1) is 13.1. The van der Waals surface area contributed by atoms with Crippen molar-refractivity contribution in [2.75, 3.05) is 24.1 Å². The summed E-state index contributed by atoms with van der Waals surface area (Å²) in [7, 11) is 0. The molecular weight excluding hydrogens is 345 g/mol. The Hall–Kier alpha value is -3.32. The van der Waals surface area contributed by atoms with Gasteiger partial charge in [0.2, 0.25) is 5.91 Å². The number of benzene rings is 2. The number of rotatable bonds is 4. The summed E-state index contributed by atoms with van der Waals surface area (Å²) in [6.45, 7) is 2.75. The second-order valence-corrected chi connectivity index (χ2v) is 6.44. The molecule has 2 aromatic carbocycles. The van der Waals surface area contributed by atoms with Crippen LogP contribution in [0.2, 0.25) is 0 Å². The molecule has 1 saturated heterocycles. The number of amides is 1. The first-order valence-corrected chi connectivity index (χ1v) is 8.66. The Labute approximate surface area is 157 Å². The molecule has 2 aliphatic heterocycles. The fourth-order valence-electron chi connectivity index (χ4n) is 3.18. The van der Waals surface area contributed by atoms with Gasteiger partial charge in [0.05, 0.1) is 5.70 Å². The van der Waals surface area contributed by atoms with Gasteiger partial charge in [-0.1, -0.05) is 12.1 Å². The van der Waals surface area contributed by atoms with Crippen LogP contribution in [0.4, 0.5) is 15.8 Å². The van der Waals surface area contributed by atoms with Crippen LogP contribution in [0.25, 0.3) is 5.70 Å². The third-order valence-corrected chi connectivity index (χ3v) is 4.33. The van der Waals surface area contributed by atoms with Gasteiger partial charge in [0.15, 0.2) is 0 Å². The predicted octanol–water partition coefficient (Wildman–Crippen LogP) is 3.43. The quantitative estimate of drug-likeness (QED) is 0.869. The highest BCUT2D eigenvalue weighted by Crippen LogP contribution is 2.29. The first-order valence-electron chi connectivity index (χ1n) is 8.66. The zero-order valence-corrected chi connectivity index (χ0v) is 14.9. The maximum Gasteiger partial charge on any atom is 0.221 e. The molecule has 0 bridgehead atoms. The zero-order valence-electron chi connectivity index (χ0n) is 14.9. The monoisotopic (exact) mass is 365 g/mol. The van der Waals surface area contributed by atoms with Crippen molar-refractivity contribution in [1.29, 1.82) is 0 Å². The molecule has 0 spiro atoms. The van der Waals surface area contributed by atoms with Crippen molar-refractivity contribution in [3.05, 3.63) is 78.3 Å². The molecule has 0 saturated carbocycles. The average Bonchev–Trinajstić information content (AvgIpc) is 3.05. The predicted molar refractivity (Wildman–Crippen MR) is 103 cm³/mol. The van der Waals surface area contributed by atoms with Crippen molar-refractivity contribution in [1.82, 2.24) is 15.0 Å². The van der Waals surface area contributed by atoms with Crippen molar-refractivity contribution < 1.29 is 9.18 Å². The van der Waals surface area contributed by atoms with Crippen LogP contribution in [0, 0.1) is 5.82 Å². The van der Waals surface area contributed by atoms with E-state index in [-0.39, 0.29) is 11.7 Å². The fraction of sp³-hybridized carbons (Fsp3) is 0.150. The molecule has 2 heterocycles. The summed E-state index contributed by atoms with van der Waals surface area (Å²) in [4.78, 5) is 11.1. The minimum absolute atomic E-state index is 0.0941. The molecule has 2 aliphatic rings. The van der Waals surface area contributed by atoms with E-state index in [0.717, 1.165) is 22.6 Å². The highest BCUT2D eigenvalue weighted by molar-refractivity contribution is 5.88. The second kappa shape index (κ2) is 7.13. The van der Waals surface area contributed by atoms with Crippen molar-refractivity contribution in [2.45, 2.75) is 6.92 Å². The zero-order chi connectivity index (χ0) is 18.8. The number of hydrogen-bond donors (Lipinski definition) is 2. The van der Waals surface area contributed by atoms with Gasteiger partial charge in [0, 0.05) is 30.1 Å². The summed E-state index contributed by atoms with van der Waals surface area (Å²) in [5.74, 6) is -0.341. The lowest BCUT2D eigenvalue weighted by molar-refractivity contribution is -0.114. The molecule has 4 rings (SSSR count). The van der Waals surface area contributed by atoms with Gasteiger partial charge >= 0.3 is 0 Å². The highest BCUT2D eigenvalue weighted by Gasteiger charge is 2.30. The number of anilines is 2. The maximum absolute atomic E-state index is 13.6. The van der Waals surface area contributed by atoms with Crippen molar-refractivity contribution >= 4 is 23.0 Å². The SMILES string of the molecule is CC(=O)Nc1ccc(NN2CN3C=CC=C(c4cccc(F)c4)N3C2)cc1. The maximum atomic E-state index is 13.6. The van der Waals surface area contributed by atoms with Gasteiger partial charge in [0.25, 0.3) is 0 Å². The average molecular weight is 365 g/mol. The second-order valence-electron chi connectivity index (χ2n) is 6.44. The Balaban J connectivity index is 1.45. The molecule has 0 atom stereocenters. The fourth-order valence-corrected chi connectivity index (χ4v) is 3.18. The summed E-state index contributed by atoms with van der Waals surface area (Å²) in [6.07, 6.45) is 5.93. The van der Waals surface area contributed by atoms with E-state index in [2.05, 4.69) is 25.8 Å². The van der Waals surface area contributed by atoms with E-state index in [1.54, 1.807) is 12.1 Å². The van der Waals surface area contributed by atoms with Crippen LogP contribution in [0.1, 0.15) is 12.5 Å². The third-order valence-electron chi connectivity index (χ3n) is 4.33. The van der Waals surface area contributed by atoms with Crippen molar-refractivity contribution in [2.24, 2.45) is 0 Å². The van der Waals surface area contributed by atoms with Gasteiger partial charge < -0.3 is 10.7 Å². The molecule has 2 aromatic rings. The Morgan fingerprint density at radius 2 is 1.85 bits per heavy atom. The number of halogens is 1. The molecule has 0 aromatic heterocycles. The lowest BCUT2D eigenvalue weighted by Gasteiger charge is -2.31. The summed E-state index contributed by atoms with van der Waals surface area (Å²) in [5, 5.41) is 8.96. The molecule has 2 N–H and O–H groups in total. The van der Waals surface area contributed by atoms with Gasteiger partial charge in [-0.05, 0) is 48.6 Å². The summed E-state index contributed by atoms with van der Waals surface area (Å²) in [5.41, 5.74) is 6.83. The lowest BCUT2D eigenvalue weighted by Crippen LogP contribution is -2.32. The van der Waals surface area contributed by atoms with Crippen LogP contribution in [0.3, 0.4) is 0 Å². The minimum Gasteiger partial charge on any atom is -0.326 e. The highest BCUT2D eigenvalue weighted by atomic mass is 19.1. The Kier molecular flexibility index (Phi) is 4.52. The van der Waals surface area contributed by atoms with Gasteiger partial charge in [0.1, 0.15) is 19.2 Å². The van der Waals surface area contributed by atoms with E-state index in [0.29, 0.717) is 13.3 Å². The number of hydrogen-bond acceptors (Lipinski definition) is 5. The van der Waals surface area contributed by atoms with Crippen LogP contribution in [-0.2, 0) is 4.79 Å². The van der Waals surface area contributed by atoms with Gasteiger partial charge in [-0.25, -0.2) is 4.39 Å². The van der Waals surface area contributed by atoms with Crippen LogP contribution in [-0.4, -0.2) is 34.3 Å². The van der Waals surface area contributed by atoms with E-state index in [4.69, 9.17) is 0 Å². The molecule has 27 heavy (non-hydrogen) atoms. The molecule has 1 amide bonds.